The first-order valence-corrected chi connectivity index (χ1v) is 8.23. The Morgan fingerprint density at radius 2 is 2.08 bits per heavy atom. The van der Waals surface area contributed by atoms with Crippen LogP contribution in [-0.4, -0.2) is 37.3 Å². The van der Waals surface area contributed by atoms with Gasteiger partial charge in [-0.25, -0.2) is 0 Å². The van der Waals surface area contributed by atoms with Gasteiger partial charge in [-0.3, -0.25) is 14.4 Å². The van der Waals surface area contributed by atoms with E-state index >= 15 is 0 Å². The molecule has 0 saturated carbocycles. The maximum Gasteiger partial charge on any atom is 0.265 e. The van der Waals surface area contributed by atoms with Gasteiger partial charge in [0.2, 0.25) is 5.91 Å². The smallest absolute Gasteiger partial charge is 0.265 e. The monoisotopic (exact) mass is 332 g/mol. The molecule has 1 heterocycles. The SMILES string of the molecule is CC(=O)c1ccc2c(c1)N(CCCC(=O)NCC(C)C)C(=O)CO2. The van der Waals surface area contributed by atoms with Gasteiger partial charge in [-0.15, -0.1) is 0 Å². The number of amides is 2. The predicted molar refractivity (Wildman–Crippen MR) is 91.4 cm³/mol. The third-order valence-corrected chi connectivity index (χ3v) is 3.80. The van der Waals surface area contributed by atoms with Crippen molar-refractivity contribution in [2.45, 2.75) is 33.6 Å². The molecule has 24 heavy (non-hydrogen) atoms. The molecule has 6 heteroatoms. The summed E-state index contributed by atoms with van der Waals surface area (Å²) < 4.78 is 5.41. The lowest BCUT2D eigenvalue weighted by Crippen LogP contribution is -2.40. The second kappa shape index (κ2) is 7.95. The van der Waals surface area contributed by atoms with Crippen molar-refractivity contribution in [1.29, 1.82) is 0 Å². The van der Waals surface area contributed by atoms with Gasteiger partial charge in [-0.2, -0.15) is 0 Å². The Hall–Kier alpha value is -2.37. The molecular formula is C18H24N2O4. The molecule has 1 aliphatic heterocycles. The fourth-order valence-corrected chi connectivity index (χ4v) is 2.47. The van der Waals surface area contributed by atoms with Crippen molar-refractivity contribution in [1.82, 2.24) is 5.32 Å². The first-order valence-electron chi connectivity index (χ1n) is 8.23. The van der Waals surface area contributed by atoms with Crippen LogP contribution in [0.15, 0.2) is 18.2 Å². The predicted octanol–water partition coefficient (Wildman–Crippen LogP) is 2.17. The van der Waals surface area contributed by atoms with Gasteiger partial charge in [0.25, 0.3) is 5.91 Å². The summed E-state index contributed by atoms with van der Waals surface area (Å²) in [5.41, 5.74) is 1.13. The van der Waals surface area contributed by atoms with E-state index in [9.17, 15) is 14.4 Å². The lowest BCUT2D eigenvalue weighted by molar-refractivity contribution is -0.122. The van der Waals surface area contributed by atoms with E-state index < -0.39 is 0 Å². The summed E-state index contributed by atoms with van der Waals surface area (Å²) in [4.78, 5) is 37.1. The van der Waals surface area contributed by atoms with Gasteiger partial charge in [0.15, 0.2) is 12.4 Å². The second-order valence-corrected chi connectivity index (χ2v) is 6.37. The molecule has 0 bridgehead atoms. The van der Waals surface area contributed by atoms with Crippen molar-refractivity contribution >= 4 is 23.3 Å². The Morgan fingerprint density at radius 3 is 2.75 bits per heavy atom. The van der Waals surface area contributed by atoms with Crippen LogP contribution in [0.4, 0.5) is 5.69 Å². The summed E-state index contributed by atoms with van der Waals surface area (Å²) in [6.45, 7) is 6.61. The first kappa shape index (κ1) is 18.0. The van der Waals surface area contributed by atoms with E-state index in [0.29, 0.717) is 48.8 Å². The van der Waals surface area contributed by atoms with Crippen LogP contribution in [-0.2, 0) is 9.59 Å². The number of Topliss-reactive ketones (excluding diaryl/α,β-unsaturated/α-hetero) is 1. The number of ether oxygens (including phenoxy) is 1. The van der Waals surface area contributed by atoms with Crippen molar-refractivity contribution in [3.05, 3.63) is 23.8 Å². The van der Waals surface area contributed by atoms with E-state index in [2.05, 4.69) is 5.32 Å². The number of carbonyl (C=O) groups excluding carboxylic acids is 3. The molecule has 0 saturated heterocycles. The van der Waals surface area contributed by atoms with Crippen molar-refractivity contribution in [2.24, 2.45) is 5.92 Å². The summed E-state index contributed by atoms with van der Waals surface area (Å²) in [5, 5.41) is 2.86. The number of ketones is 1. The third-order valence-electron chi connectivity index (χ3n) is 3.80. The highest BCUT2D eigenvalue weighted by atomic mass is 16.5. The molecule has 0 aliphatic carbocycles. The van der Waals surface area contributed by atoms with Gasteiger partial charge in [0, 0.05) is 25.1 Å². The number of nitrogens with one attached hydrogen (secondary N) is 1. The van der Waals surface area contributed by atoms with Gasteiger partial charge in [0.1, 0.15) is 5.75 Å². The number of hydrogen-bond donors (Lipinski definition) is 1. The van der Waals surface area contributed by atoms with Crippen molar-refractivity contribution in [3.8, 4) is 5.75 Å². The molecule has 2 amide bonds. The molecule has 6 nitrogen and oxygen atoms in total. The minimum absolute atomic E-state index is 0.0119. The molecule has 1 aromatic rings. The Kier molecular flexibility index (Phi) is 5.95. The number of carbonyl (C=O) groups is 3. The van der Waals surface area contributed by atoms with Crippen LogP contribution in [0.3, 0.4) is 0 Å². The zero-order chi connectivity index (χ0) is 17.7. The lowest BCUT2D eigenvalue weighted by atomic mass is 10.1. The highest BCUT2D eigenvalue weighted by Gasteiger charge is 2.26. The maximum atomic E-state index is 12.1. The van der Waals surface area contributed by atoms with E-state index in [1.165, 1.54) is 6.92 Å². The van der Waals surface area contributed by atoms with Crippen LogP contribution in [0.1, 0.15) is 44.0 Å². The summed E-state index contributed by atoms with van der Waals surface area (Å²) in [5.74, 6) is 0.757. The molecule has 130 valence electrons. The highest BCUT2D eigenvalue weighted by molar-refractivity contribution is 6.01. The van der Waals surface area contributed by atoms with Gasteiger partial charge < -0.3 is 15.0 Å². The van der Waals surface area contributed by atoms with E-state index in [1.54, 1.807) is 23.1 Å². The molecule has 0 atom stereocenters. The summed E-state index contributed by atoms with van der Waals surface area (Å²) in [6, 6.07) is 5.07. The molecule has 1 aromatic carbocycles. The highest BCUT2D eigenvalue weighted by Crippen LogP contribution is 2.33. The fraction of sp³-hybridized carbons (Fsp3) is 0.500. The number of anilines is 1. The molecule has 0 radical (unpaired) electrons. The molecular weight excluding hydrogens is 308 g/mol. The third kappa shape index (κ3) is 4.57. The maximum absolute atomic E-state index is 12.1. The summed E-state index contributed by atoms with van der Waals surface area (Å²) in [7, 11) is 0. The minimum atomic E-state index is -0.161. The van der Waals surface area contributed by atoms with Crippen molar-refractivity contribution in [2.75, 3.05) is 24.6 Å². The van der Waals surface area contributed by atoms with Gasteiger partial charge in [-0.05, 0) is 37.5 Å². The fourth-order valence-electron chi connectivity index (χ4n) is 2.47. The van der Waals surface area contributed by atoms with Gasteiger partial charge >= 0.3 is 0 Å². The van der Waals surface area contributed by atoms with E-state index in [1.807, 2.05) is 13.8 Å². The van der Waals surface area contributed by atoms with E-state index in [4.69, 9.17) is 4.74 Å². The number of fused-ring (bicyclic) bond motifs is 1. The quantitative estimate of drug-likeness (QED) is 0.777. The Bertz CT molecular complexity index is 640. The van der Waals surface area contributed by atoms with Gasteiger partial charge in [-0.1, -0.05) is 13.8 Å². The normalized spacial score (nSPS) is 13.5. The molecule has 0 spiro atoms. The zero-order valence-corrected chi connectivity index (χ0v) is 14.4. The number of nitrogens with zero attached hydrogens (tertiary/aromatic N) is 1. The molecule has 1 N–H and O–H groups in total. The minimum Gasteiger partial charge on any atom is -0.482 e. The standard InChI is InChI=1S/C18H24N2O4/c1-12(2)10-19-17(22)5-4-8-20-15-9-14(13(3)21)6-7-16(15)24-11-18(20)23/h6-7,9,12H,4-5,8,10-11H2,1-3H3,(H,19,22). The van der Waals surface area contributed by atoms with Crippen LogP contribution in [0.25, 0.3) is 0 Å². The second-order valence-electron chi connectivity index (χ2n) is 6.37. The topological polar surface area (TPSA) is 75.7 Å². The first-order chi connectivity index (χ1) is 11.4. The van der Waals surface area contributed by atoms with Gasteiger partial charge in [0.05, 0.1) is 5.69 Å². The molecule has 2 rings (SSSR count). The van der Waals surface area contributed by atoms with Crippen molar-refractivity contribution < 1.29 is 19.1 Å². The van der Waals surface area contributed by atoms with Crippen LogP contribution >= 0.6 is 0 Å². The van der Waals surface area contributed by atoms with Crippen LogP contribution in [0.5, 0.6) is 5.75 Å². The average molecular weight is 332 g/mol. The largest absolute Gasteiger partial charge is 0.482 e. The number of hydrogen-bond acceptors (Lipinski definition) is 4. The molecule has 0 unspecified atom stereocenters. The van der Waals surface area contributed by atoms with E-state index in [-0.39, 0.29) is 24.2 Å². The summed E-state index contributed by atoms with van der Waals surface area (Å²) in [6.07, 6.45) is 0.915. The van der Waals surface area contributed by atoms with Crippen LogP contribution < -0.4 is 15.0 Å². The molecule has 1 aliphatic rings. The zero-order valence-electron chi connectivity index (χ0n) is 14.4. The Labute approximate surface area is 142 Å². The number of benzene rings is 1. The molecule has 0 fully saturated rings. The number of rotatable bonds is 7. The van der Waals surface area contributed by atoms with E-state index in [0.717, 1.165) is 0 Å². The van der Waals surface area contributed by atoms with Crippen molar-refractivity contribution in [3.63, 3.8) is 0 Å². The average Bonchev–Trinajstić information content (AvgIpc) is 2.54. The van der Waals surface area contributed by atoms with Crippen LogP contribution in [0, 0.1) is 5.92 Å². The Balaban J connectivity index is 2.00. The summed E-state index contributed by atoms with van der Waals surface area (Å²) >= 11 is 0. The molecule has 0 aromatic heterocycles. The van der Waals surface area contributed by atoms with Crippen LogP contribution in [0.2, 0.25) is 0 Å². The lowest BCUT2D eigenvalue weighted by Gasteiger charge is -2.29. The Morgan fingerprint density at radius 1 is 1.33 bits per heavy atom.